The first-order valence-corrected chi connectivity index (χ1v) is 6.49. The van der Waals surface area contributed by atoms with Crippen LogP contribution >= 0.6 is 0 Å². The Morgan fingerprint density at radius 1 is 1.20 bits per heavy atom. The minimum absolute atomic E-state index is 0.0183. The van der Waals surface area contributed by atoms with Gasteiger partial charge in [0.15, 0.2) is 0 Å². The van der Waals surface area contributed by atoms with Crippen molar-refractivity contribution in [2.24, 2.45) is 0 Å². The smallest absolute Gasteiger partial charge is 0.251 e. The third-order valence-corrected chi connectivity index (χ3v) is 2.72. The van der Waals surface area contributed by atoms with Crippen LogP contribution in [-0.4, -0.2) is 47.3 Å². The fourth-order valence-electron chi connectivity index (χ4n) is 1.75. The van der Waals surface area contributed by atoms with Crippen molar-refractivity contribution in [2.75, 3.05) is 26.4 Å². The molecule has 2 N–H and O–H groups in total. The highest BCUT2D eigenvalue weighted by Gasteiger charge is 2.06. The molecule has 1 amide bonds. The van der Waals surface area contributed by atoms with Gasteiger partial charge in [0.05, 0.1) is 24.2 Å². The van der Waals surface area contributed by atoms with Crippen molar-refractivity contribution in [1.29, 1.82) is 0 Å². The molecule has 0 fully saturated rings. The van der Waals surface area contributed by atoms with Crippen molar-refractivity contribution in [2.45, 2.75) is 6.42 Å². The molecule has 106 valence electrons. The number of aromatic nitrogens is 2. The number of nitrogens with zero attached hydrogens (tertiary/aromatic N) is 2. The Bertz CT molecular complexity index is 574. The maximum atomic E-state index is 11.9. The number of carbonyl (C=O) groups is 1. The lowest BCUT2D eigenvalue weighted by Gasteiger charge is -2.06. The lowest BCUT2D eigenvalue weighted by Crippen LogP contribution is -2.25. The number of ether oxygens (including phenoxy) is 1. The van der Waals surface area contributed by atoms with Crippen molar-refractivity contribution in [3.63, 3.8) is 0 Å². The largest absolute Gasteiger partial charge is 0.394 e. The van der Waals surface area contributed by atoms with E-state index in [0.717, 1.165) is 5.52 Å². The zero-order valence-corrected chi connectivity index (χ0v) is 11.1. The first-order valence-electron chi connectivity index (χ1n) is 6.49. The Morgan fingerprint density at radius 3 is 2.80 bits per heavy atom. The molecule has 0 unspecified atom stereocenters. The molecule has 20 heavy (non-hydrogen) atoms. The van der Waals surface area contributed by atoms with E-state index in [2.05, 4.69) is 15.3 Å². The van der Waals surface area contributed by atoms with Gasteiger partial charge >= 0.3 is 0 Å². The molecule has 0 aliphatic heterocycles. The zero-order chi connectivity index (χ0) is 14.2. The molecule has 6 nitrogen and oxygen atoms in total. The molecule has 0 aliphatic carbocycles. The summed E-state index contributed by atoms with van der Waals surface area (Å²) in [6, 6.07) is 5.23. The molecule has 0 atom stereocenters. The molecular weight excluding hydrogens is 258 g/mol. The number of aliphatic hydroxyl groups is 1. The first kappa shape index (κ1) is 14.4. The molecule has 0 saturated carbocycles. The van der Waals surface area contributed by atoms with E-state index in [1.54, 1.807) is 30.6 Å². The highest BCUT2D eigenvalue weighted by Crippen LogP contribution is 2.10. The van der Waals surface area contributed by atoms with Gasteiger partial charge in [0, 0.05) is 31.1 Å². The van der Waals surface area contributed by atoms with E-state index < -0.39 is 0 Å². The lowest BCUT2D eigenvalue weighted by atomic mass is 10.2. The Kier molecular flexibility index (Phi) is 5.40. The third kappa shape index (κ3) is 3.97. The number of rotatable bonds is 7. The van der Waals surface area contributed by atoms with Gasteiger partial charge in [-0.3, -0.25) is 14.8 Å². The van der Waals surface area contributed by atoms with Crippen molar-refractivity contribution in [3.05, 3.63) is 36.2 Å². The Morgan fingerprint density at radius 2 is 2.00 bits per heavy atom. The number of nitrogens with one attached hydrogen (secondary N) is 1. The molecule has 6 heteroatoms. The zero-order valence-electron chi connectivity index (χ0n) is 11.1. The Labute approximate surface area is 116 Å². The van der Waals surface area contributed by atoms with E-state index in [-0.39, 0.29) is 12.5 Å². The molecule has 1 aromatic carbocycles. The summed E-state index contributed by atoms with van der Waals surface area (Å²) in [5.41, 5.74) is 2.03. The fraction of sp³-hybridized carbons (Fsp3) is 0.357. The van der Waals surface area contributed by atoms with Crippen LogP contribution in [0.25, 0.3) is 11.0 Å². The van der Waals surface area contributed by atoms with Gasteiger partial charge in [-0.2, -0.15) is 0 Å². The van der Waals surface area contributed by atoms with Gasteiger partial charge in [-0.1, -0.05) is 0 Å². The summed E-state index contributed by atoms with van der Waals surface area (Å²) < 4.78 is 5.11. The summed E-state index contributed by atoms with van der Waals surface area (Å²) >= 11 is 0. The molecule has 0 bridgehead atoms. The van der Waals surface area contributed by atoms with E-state index in [0.29, 0.717) is 37.3 Å². The molecule has 2 rings (SSSR count). The van der Waals surface area contributed by atoms with Crippen LogP contribution in [0.3, 0.4) is 0 Å². The number of fused-ring (bicyclic) bond motifs is 1. The predicted octanol–water partition coefficient (Wildman–Crippen LogP) is 0.759. The second-order valence-electron chi connectivity index (χ2n) is 4.21. The topological polar surface area (TPSA) is 84.3 Å². The van der Waals surface area contributed by atoms with Gasteiger partial charge in [0.1, 0.15) is 0 Å². The van der Waals surface area contributed by atoms with Crippen molar-refractivity contribution >= 4 is 16.9 Å². The average Bonchev–Trinajstić information content (AvgIpc) is 2.50. The quantitative estimate of drug-likeness (QED) is 0.729. The Balaban J connectivity index is 1.84. The second kappa shape index (κ2) is 7.52. The molecular formula is C14H17N3O3. The van der Waals surface area contributed by atoms with Crippen LogP contribution in [0.4, 0.5) is 0 Å². The van der Waals surface area contributed by atoms with Gasteiger partial charge in [-0.05, 0) is 24.6 Å². The number of carbonyl (C=O) groups excluding carboxylic acids is 1. The fourth-order valence-corrected chi connectivity index (χ4v) is 1.75. The standard InChI is InChI=1S/C14H17N3O3/c18-7-9-20-8-1-4-17-14(19)11-2-3-12-13(10-11)16-6-5-15-12/h2-3,5-6,10,18H,1,4,7-9H2,(H,17,19). The predicted molar refractivity (Wildman–Crippen MR) is 74.4 cm³/mol. The van der Waals surface area contributed by atoms with Crippen LogP contribution in [-0.2, 0) is 4.74 Å². The SMILES string of the molecule is O=C(NCCCOCCO)c1ccc2nccnc2c1. The van der Waals surface area contributed by atoms with Gasteiger partial charge in [0.2, 0.25) is 0 Å². The number of benzene rings is 1. The van der Waals surface area contributed by atoms with Crippen LogP contribution in [0.15, 0.2) is 30.6 Å². The molecule has 1 heterocycles. The molecule has 0 radical (unpaired) electrons. The van der Waals surface area contributed by atoms with Crippen LogP contribution in [0.2, 0.25) is 0 Å². The number of aliphatic hydroxyl groups excluding tert-OH is 1. The van der Waals surface area contributed by atoms with Gasteiger partial charge in [0.25, 0.3) is 5.91 Å². The monoisotopic (exact) mass is 275 g/mol. The summed E-state index contributed by atoms with van der Waals surface area (Å²) in [6.07, 6.45) is 3.93. The van der Waals surface area contributed by atoms with Gasteiger partial charge in [-0.25, -0.2) is 0 Å². The maximum absolute atomic E-state index is 11.9. The van der Waals surface area contributed by atoms with E-state index in [9.17, 15) is 4.79 Å². The number of hydrogen-bond acceptors (Lipinski definition) is 5. The molecule has 0 aliphatic rings. The van der Waals surface area contributed by atoms with Crippen LogP contribution < -0.4 is 5.32 Å². The minimum Gasteiger partial charge on any atom is -0.394 e. The van der Waals surface area contributed by atoms with Gasteiger partial charge in [-0.15, -0.1) is 0 Å². The Hall–Kier alpha value is -2.05. The highest BCUT2D eigenvalue weighted by atomic mass is 16.5. The lowest BCUT2D eigenvalue weighted by molar-refractivity contribution is 0.0867. The third-order valence-electron chi connectivity index (χ3n) is 2.72. The number of amides is 1. The summed E-state index contributed by atoms with van der Waals surface area (Å²) in [6.45, 7) is 1.40. The summed E-state index contributed by atoms with van der Waals surface area (Å²) in [5, 5.41) is 11.4. The summed E-state index contributed by atoms with van der Waals surface area (Å²) in [7, 11) is 0. The van der Waals surface area contributed by atoms with E-state index >= 15 is 0 Å². The average molecular weight is 275 g/mol. The van der Waals surface area contributed by atoms with Crippen molar-refractivity contribution in [1.82, 2.24) is 15.3 Å². The molecule has 0 saturated heterocycles. The molecule has 1 aromatic heterocycles. The van der Waals surface area contributed by atoms with E-state index in [1.807, 2.05) is 0 Å². The molecule has 0 spiro atoms. The number of hydrogen-bond donors (Lipinski definition) is 2. The van der Waals surface area contributed by atoms with Crippen molar-refractivity contribution < 1.29 is 14.6 Å². The van der Waals surface area contributed by atoms with Crippen LogP contribution in [0.1, 0.15) is 16.8 Å². The van der Waals surface area contributed by atoms with E-state index in [4.69, 9.17) is 9.84 Å². The minimum atomic E-state index is -0.139. The summed E-state index contributed by atoms with van der Waals surface area (Å²) in [5.74, 6) is -0.139. The second-order valence-corrected chi connectivity index (χ2v) is 4.21. The van der Waals surface area contributed by atoms with Crippen molar-refractivity contribution in [3.8, 4) is 0 Å². The first-order chi connectivity index (χ1) is 9.81. The van der Waals surface area contributed by atoms with Crippen LogP contribution in [0.5, 0.6) is 0 Å². The normalized spacial score (nSPS) is 10.7. The van der Waals surface area contributed by atoms with E-state index in [1.165, 1.54) is 0 Å². The summed E-state index contributed by atoms with van der Waals surface area (Å²) in [4.78, 5) is 20.3. The van der Waals surface area contributed by atoms with Gasteiger partial charge < -0.3 is 15.2 Å². The molecule has 2 aromatic rings. The van der Waals surface area contributed by atoms with Crippen LogP contribution in [0, 0.1) is 0 Å². The highest BCUT2D eigenvalue weighted by molar-refractivity contribution is 5.97. The maximum Gasteiger partial charge on any atom is 0.251 e.